The first-order chi connectivity index (χ1) is 9.54. The average Bonchev–Trinajstić information content (AvgIpc) is 2.41. The van der Waals surface area contributed by atoms with Crippen LogP contribution in [0.5, 0.6) is 11.6 Å². The van der Waals surface area contributed by atoms with E-state index in [0.29, 0.717) is 11.9 Å². The van der Waals surface area contributed by atoms with Crippen molar-refractivity contribution in [1.82, 2.24) is 10.3 Å². The maximum Gasteiger partial charge on any atom is 0.219 e. The summed E-state index contributed by atoms with van der Waals surface area (Å²) in [6.07, 6.45) is 1.78. The lowest BCUT2D eigenvalue weighted by atomic mass is 10.2. The Kier molecular flexibility index (Phi) is 5.15. The van der Waals surface area contributed by atoms with Crippen molar-refractivity contribution in [3.8, 4) is 11.6 Å². The first kappa shape index (κ1) is 15.0. The van der Waals surface area contributed by atoms with E-state index in [9.17, 15) is 0 Å². The molecule has 1 aromatic carbocycles. The van der Waals surface area contributed by atoms with Crippen LogP contribution in [0.4, 0.5) is 0 Å². The number of aromatic nitrogens is 1. The number of hydrogen-bond acceptors (Lipinski definition) is 3. The van der Waals surface area contributed by atoms with Crippen molar-refractivity contribution in [3.63, 3.8) is 0 Å². The Morgan fingerprint density at radius 2 is 2.05 bits per heavy atom. The van der Waals surface area contributed by atoms with Crippen LogP contribution in [-0.4, -0.2) is 11.0 Å². The Hall–Kier alpha value is -1.39. The van der Waals surface area contributed by atoms with Crippen molar-refractivity contribution in [1.29, 1.82) is 0 Å². The van der Waals surface area contributed by atoms with Crippen LogP contribution in [0.3, 0.4) is 0 Å². The molecule has 3 nitrogen and oxygen atoms in total. The van der Waals surface area contributed by atoms with E-state index in [1.807, 2.05) is 37.3 Å². The zero-order valence-corrected chi connectivity index (χ0v) is 13.6. The Balaban J connectivity index is 2.08. The van der Waals surface area contributed by atoms with Gasteiger partial charge in [-0.3, -0.25) is 0 Å². The van der Waals surface area contributed by atoms with Crippen molar-refractivity contribution in [2.75, 3.05) is 0 Å². The van der Waals surface area contributed by atoms with Gasteiger partial charge in [-0.2, -0.15) is 0 Å². The molecule has 106 valence electrons. The standard InChI is InChI=1S/C16H19BrN2O/c1-11(2)19-10-13-6-7-18-16(9-13)20-14-4-5-15(17)12(3)8-14/h4-9,11,19H,10H2,1-3H3. The molecule has 0 unspecified atom stereocenters. The highest BCUT2D eigenvalue weighted by molar-refractivity contribution is 9.10. The lowest BCUT2D eigenvalue weighted by molar-refractivity contribution is 0.460. The quantitative estimate of drug-likeness (QED) is 0.877. The predicted octanol–water partition coefficient (Wildman–Crippen LogP) is 4.44. The first-order valence-electron chi connectivity index (χ1n) is 6.67. The number of nitrogens with one attached hydrogen (secondary N) is 1. The summed E-state index contributed by atoms with van der Waals surface area (Å²) >= 11 is 3.48. The van der Waals surface area contributed by atoms with Crippen LogP contribution in [0.2, 0.25) is 0 Å². The van der Waals surface area contributed by atoms with Crippen molar-refractivity contribution < 1.29 is 4.74 Å². The van der Waals surface area contributed by atoms with E-state index in [1.165, 1.54) is 0 Å². The van der Waals surface area contributed by atoms with Gasteiger partial charge < -0.3 is 10.1 Å². The molecule has 2 rings (SSSR count). The summed E-state index contributed by atoms with van der Waals surface area (Å²) in [5.41, 5.74) is 2.30. The molecule has 0 saturated heterocycles. The van der Waals surface area contributed by atoms with E-state index < -0.39 is 0 Å². The third-order valence-corrected chi connectivity index (χ3v) is 3.76. The third-order valence-electron chi connectivity index (χ3n) is 2.87. The van der Waals surface area contributed by atoms with Crippen LogP contribution >= 0.6 is 15.9 Å². The second kappa shape index (κ2) is 6.86. The summed E-state index contributed by atoms with van der Waals surface area (Å²) in [6, 6.07) is 10.3. The normalized spacial score (nSPS) is 10.8. The summed E-state index contributed by atoms with van der Waals surface area (Å²) in [7, 11) is 0. The Labute approximate surface area is 128 Å². The van der Waals surface area contributed by atoms with Gasteiger partial charge >= 0.3 is 0 Å². The number of hydrogen-bond donors (Lipinski definition) is 1. The van der Waals surface area contributed by atoms with Gasteiger partial charge in [0.15, 0.2) is 0 Å². The van der Waals surface area contributed by atoms with E-state index in [4.69, 9.17) is 4.74 Å². The molecule has 0 fully saturated rings. The fraction of sp³-hybridized carbons (Fsp3) is 0.312. The van der Waals surface area contributed by atoms with Gasteiger partial charge in [-0.15, -0.1) is 0 Å². The molecule has 0 bridgehead atoms. The summed E-state index contributed by atoms with van der Waals surface area (Å²) in [5, 5.41) is 3.38. The number of rotatable bonds is 5. The highest BCUT2D eigenvalue weighted by Crippen LogP contribution is 2.25. The van der Waals surface area contributed by atoms with E-state index in [0.717, 1.165) is 27.9 Å². The molecule has 0 aliphatic carbocycles. The largest absolute Gasteiger partial charge is 0.439 e. The summed E-state index contributed by atoms with van der Waals surface area (Å²) in [5.74, 6) is 1.42. The second-order valence-electron chi connectivity index (χ2n) is 5.05. The predicted molar refractivity (Wildman–Crippen MR) is 85.2 cm³/mol. The number of benzene rings is 1. The molecule has 0 spiro atoms. The maximum absolute atomic E-state index is 5.80. The molecular formula is C16H19BrN2O. The second-order valence-corrected chi connectivity index (χ2v) is 5.91. The molecule has 1 heterocycles. The number of aryl methyl sites for hydroxylation is 1. The first-order valence-corrected chi connectivity index (χ1v) is 7.46. The maximum atomic E-state index is 5.80. The molecule has 1 aromatic heterocycles. The topological polar surface area (TPSA) is 34.1 Å². The monoisotopic (exact) mass is 334 g/mol. The van der Waals surface area contributed by atoms with E-state index >= 15 is 0 Å². The third kappa shape index (κ3) is 4.32. The summed E-state index contributed by atoms with van der Waals surface area (Å²) in [4.78, 5) is 4.25. The lowest BCUT2D eigenvalue weighted by Crippen LogP contribution is -2.21. The van der Waals surface area contributed by atoms with Crippen LogP contribution in [0, 0.1) is 6.92 Å². The number of pyridine rings is 1. The van der Waals surface area contributed by atoms with Crippen molar-refractivity contribution in [2.24, 2.45) is 0 Å². The van der Waals surface area contributed by atoms with Crippen molar-refractivity contribution in [2.45, 2.75) is 33.4 Å². The fourth-order valence-electron chi connectivity index (χ4n) is 1.74. The minimum absolute atomic E-state index is 0.460. The van der Waals surface area contributed by atoms with E-state index in [2.05, 4.69) is 40.1 Å². The Bertz CT molecular complexity index is 584. The van der Waals surface area contributed by atoms with Gasteiger partial charge in [0.25, 0.3) is 0 Å². The molecule has 0 amide bonds. The van der Waals surface area contributed by atoms with Gasteiger partial charge in [0.1, 0.15) is 5.75 Å². The molecule has 2 aromatic rings. The molecule has 4 heteroatoms. The van der Waals surface area contributed by atoms with Crippen molar-refractivity contribution in [3.05, 3.63) is 52.1 Å². The molecule has 0 saturated carbocycles. The number of ether oxygens (including phenoxy) is 1. The van der Waals surface area contributed by atoms with Crippen LogP contribution < -0.4 is 10.1 Å². The SMILES string of the molecule is Cc1cc(Oc2cc(CNC(C)C)ccn2)ccc1Br. The van der Waals surface area contributed by atoms with Crippen molar-refractivity contribution >= 4 is 15.9 Å². The van der Waals surface area contributed by atoms with Gasteiger partial charge in [0.05, 0.1) is 0 Å². The molecule has 0 radical (unpaired) electrons. The Morgan fingerprint density at radius 1 is 1.25 bits per heavy atom. The highest BCUT2D eigenvalue weighted by Gasteiger charge is 2.03. The zero-order valence-electron chi connectivity index (χ0n) is 12.0. The van der Waals surface area contributed by atoms with Gasteiger partial charge in [-0.25, -0.2) is 4.98 Å². The van der Waals surface area contributed by atoms with Crippen LogP contribution in [0.1, 0.15) is 25.0 Å². The zero-order chi connectivity index (χ0) is 14.5. The summed E-state index contributed by atoms with van der Waals surface area (Å²) in [6.45, 7) is 7.11. The van der Waals surface area contributed by atoms with Gasteiger partial charge in [0.2, 0.25) is 5.88 Å². The van der Waals surface area contributed by atoms with Gasteiger partial charge in [0, 0.05) is 29.3 Å². The molecule has 20 heavy (non-hydrogen) atoms. The minimum Gasteiger partial charge on any atom is -0.439 e. The van der Waals surface area contributed by atoms with Crippen LogP contribution in [-0.2, 0) is 6.54 Å². The molecule has 0 aliphatic rings. The van der Waals surface area contributed by atoms with E-state index in [1.54, 1.807) is 6.20 Å². The average molecular weight is 335 g/mol. The number of nitrogens with zero attached hydrogens (tertiary/aromatic N) is 1. The Morgan fingerprint density at radius 3 is 2.75 bits per heavy atom. The highest BCUT2D eigenvalue weighted by atomic mass is 79.9. The molecule has 0 atom stereocenters. The smallest absolute Gasteiger partial charge is 0.219 e. The summed E-state index contributed by atoms with van der Waals surface area (Å²) < 4.78 is 6.88. The molecule has 1 N–H and O–H groups in total. The fourth-order valence-corrected chi connectivity index (χ4v) is 1.99. The van der Waals surface area contributed by atoms with Crippen LogP contribution in [0.25, 0.3) is 0 Å². The van der Waals surface area contributed by atoms with Gasteiger partial charge in [-0.1, -0.05) is 29.8 Å². The van der Waals surface area contributed by atoms with E-state index in [-0.39, 0.29) is 0 Å². The molecular weight excluding hydrogens is 316 g/mol. The molecule has 0 aliphatic heterocycles. The van der Waals surface area contributed by atoms with Gasteiger partial charge in [-0.05, 0) is 42.3 Å². The number of halogens is 1. The lowest BCUT2D eigenvalue weighted by Gasteiger charge is -2.10. The van der Waals surface area contributed by atoms with Crippen LogP contribution in [0.15, 0.2) is 41.0 Å². The minimum atomic E-state index is 0.460.